The molecule has 0 radical (unpaired) electrons. The Kier molecular flexibility index (Phi) is 14.5. The van der Waals surface area contributed by atoms with E-state index in [4.69, 9.17) is 9.52 Å². The molecular formula is C30H43NO7. The number of hydrogen-bond acceptors (Lipinski definition) is 7. The molecular weight excluding hydrogens is 486 g/mol. The van der Waals surface area contributed by atoms with Crippen LogP contribution in [0.1, 0.15) is 59.0 Å². The normalized spacial score (nSPS) is 18.7. The molecule has 1 aromatic rings. The van der Waals surface area contributed by atoms with E-state index in [9.17, 15) is 25.2 Å². The van der Waals surface area contributed by atoms with Crippen LogP contribution in [0.4, 0.5) is 0 Å². The van der Waals surface area contributed by atoms with Crippen LogP contribution in [0.25, 0.3) is 6.08 Å². The van der Waals surface area contributed by atoms with Crippen molar-refractivity contribution in [2.45, 2.75) is 78.8 Å². The van der Waals surface area contributed by atoms with Gasteiger partial charge in [-0.2, -0.15) is 0 Å². The van der Waals surface area contributed by atoms with Gasteiger partial charge in [0.1, 0.15) is 12.0 Å². The third-order valence-corrected chi connectivity index (χ3v) is 6.31. The van der Waals surface area contributed by atoms with Crippen molar-refractivity contribution in [1.82, 2.24) is 4.98 Å². The van der Waals surface area contributed by atoms with Crippen molar-refractivity contribution in [3.63, 3.8) is 0 Å². The Balaban J connectivity index is 2.63. The molecule has 1 rings (SSSR count). The van der Waals surface area contributed by atoms with Gasteiger partial charge in [-0.3, -0.25) is 0 Å². The summed E-state index contributed by atoms with van der Waals surface area (Å²) in [6.45, 7) is 10.8. The number of nitrogens with zero attached hydrogens (tertiary/aromatic N) is 1. The summed E-state index contributed by atoms with van der Waals surface area (Å²) >= 11 is 0. The average molecular weight is 530 g/mol. The quantitative estimate of drug-likeness (QED) is 0.165. The van der Waals surface area contributed by atoms with Crippen LogP contribution >= 0.6 is 0 Å². The second-order valence-corrected chi connectivity index (χ2v) is 9.77. The van der Waals surface area contributed by atoms with E-state index in [1.54, 1.807) is 58.3 Å². The van der Waals surface area contributed by atoms with Crippen LogP contribution in [0.2, 0.25) is 0 Å². The molecule has 0 fully saturated rings. The van der Waals surface area contributed by atoms with Crippen LogP contribution in [0.3, 0.4) is 0 Å². The Morgan fingerprint density at radius 1 is 1.00 bits per heavy atom. The van der Waals surface area contributed by atoms with E-state index in [2.05, 4.69) is 4.98 Å². The van der Waals surface area contributed by atoms with E-state index >= 15 is 0 Å². The summed E-state index contributed by atoms with van der Waals surface area (Å²) in [6, 6.07) is 0. The SMILES string of the molecule is CC(C=CC=C(C)[C@H](O)[C@@H](C)[C@@H](O)C[C@@H](O)C(C)=CC=C[C@@H](C)[C@H](O)CC=CC(=O)O)=Cc1coc(C)n1. The predicted octanol–water partition coefficient (Wildman–Crippen LogP) is 4.53. The highest BCUT2D eigenvalue weighted by Gasteiger charge is 2.26. The van der Waals surface area contributed by atoms with Gasteiger partial charge >= 0.3 is 5.97 Å². The van der Waals surface area contributed by atoms with Gasteiger partial charge in [0.2, 0.25) is 0 Å². The number of rotatable bonds is 15. The molecule has 0 unspecified atom stereocenters. The van der Waals surface area contributed by atoms with Gasteiger partial charge in [-0.25, -0.2) is 9.78 Å². The number of oxazole rings is 1. The van der Waals surface area contributed by atoms with Gasteiger partial charge in [0.15, 0.2) is 5.89 Å². The van der Waals surface area contributed by atoms with Crippen molar-refractivity contribution in [3.05, 3.63) is 83.2 Å². The number of allylic oxidation sites excluding steroid dienone is 6. The minimum Gasteiger partial charge on any atom is -0.478 e. The molecule has 8 heteroatoms. The van der Waals surface area contributed by atoms with Crippen molar-refractivity contribution in [3.8, 4) is 0 Å². The fourth-order valence-corrected chi connectivity index (χ4v) is 3.58. The second kappa shape index (κ2) is 16.7. The molecule has 0 saturated carbocycles. The number of aliphatic hydroxyl groups excluding tert-OH is 4. The Morgan fingerprint density at radius 3 is 2.26 bits per heavy atom. The van der Waals surface area contributed by atoms with E-state index in [0.29, 0.717) is 17.0 Å². The number of hydrogen-bond donors (Lipinski definition) is 5. The minimum absolute atomic E-state index is 0.0641. The monoisotopic (exact) mass is 529 g/mol. The highest BCUT2D eigenvalue weighted by Crippen LogP contribution is 2.21. The molecule has 0 spiro atoms. The predicted molar refractivity (Wildman–Crippen MR) is 149 cm³/mol. The largest absolute Gasteiger partial charge is 0.478 e. The molecule has 1 heterocycles. The molecule has 0 amide bonds. The first-order valence-corrected chi connectivity index (χ1v) is 12.7. The molecule has 5 N–H and O–H groups in total. The van der Waals surface area contributed by atoms with Crippen LogP contribution in [0, 0.1) is 18.8 Å². The minimum atomic E-state index is -1.06. The maximum Gasteiger partial charge on any atom is 0.327 e. The van der Waals surface area contributed by atoms with Gasteiger partial charge < -0.3 is 29.9 Å². The Morgan fingerprint density at radius 2 is 1.66 bits per heavy atom. The first-order chi connectivity index (χ1) is 17.8. The van der Waals surface area contributed by atoms with Crippen LogP contribution in [0.5, 0.6) is 0 Å². The molecule has 0 bridgehead atoms. The summed E-state index contributed by atoms with van der Waals surface area (Å²) in [5.74, 6) is -1.18. The molecule has 38 heavy (non-hydrogen) atoms. The zero-order valence-corrected chi connectivity index (χ0v) is 23.2. The van der Waals surface area contributed by atoms with E-state index in [1.165, 1.54) is 6.08 Å². The highest BCUT2D eigenvalue weighted by molar-refractivity contribution is 5.79. The molecule has 0 aliphatic carbocycles. The van der Waals surface area contributed by atoms with Crippen LogP contribution < -0.4 is 0 Å². The zero-order valence-electron chi connectivity index (χ0n) is 23.2. The first kappa shape index (κ1) is 33.0. The Hall–Kier alpha value is -3.04. The Labute approximate surface area is 225 Å². The lowest BCUT2D eigenvalue weighted by Crippen LogP contribution is -2.33. The van der Waals surface area contributed by atoms with Crippen LogP contribution in [-0.4, -0.2) is 60.9 Å². The number of aryl methyl sites for hydroxylation is 1. The smallest absolute Gasteiger partial charge is 0.327 e. The molecule has 6 atom stereocenters. The van der Waals surface area contributed by atoms with Crippen molar-refractivity contribution in [2.75, 3.05) is 0 Å². The average Bonchev–Trinajstić information content (AvgIpc) is 3.26. The van der Waals surface area contributed by atoms with Crippen molar-refractivity contribution < 1.29 is 34.7 Å². The fourth-order valence-electron chi connectivity index (χ4n) is 3.58. The Bertz CT molecular complexity index is 1060. The summed E-state index contributed by atoms with van der Waals surface area (Å²) in [4.78, 5) is 14.7. The number of carboxylic acid groups (broad SMARTS) is 1. The lowest BCUT2D eigenvalue weighted by molar-refractivity contribution is -0.131. The molecule has 0 aliphatic heterocycles. The summed E-state index contributed by atoms with van der Waals surface area (Å²) in [7, 11) is 0. The zero-order chi connectivity index (χ0) is 28.8. The topological polar surface area (TPSA) is 144 Å². The lowest BCUT2D eigenvalue weighted by Gasteiger charge is -2.26. The third kappa shape index (κ3) is 12.5. The molecule has 0 aromatic carbocycles. The summed E-state index contributed by atoms with van der Waals surface area (Å²) in [5.41, 5.74) is 3.02. The number of carbonyl (C=O) groups is 1. The van der Waals surface area contributed by atoms with Gasteiger partial charge in [-0.05, 0) is 50.0 Å². The summed E-state index contributed by atoms with van der Waals surface area (Å²) in [6.07, 6.45) is 13.4. The van der Waals surface area contributed by atoms with Crippen molar-refractivity contribution in [1.29, 1.82) is 0 Å². The van der Waals surface area contributed by atoms with E-state index < -0.39 is 36.3 Å². The number of carboxylic acids is 1. The second-order valence-electron chi connectivity index (χ2n) is 9.77. The van der Waals surface area contributed by atoms with Crippen molar-refractivity contribution in [2.24, 2.45) is 11.8 Å². The van der Waals surface area contributed by atoms with Crippen LogP contribution in [0.15, 0.2) is 76.0 Å². The van der Waals surface area contributed by atoms with Gasteiger partial charge in [-0.1, -0.05) is 56.4 Å². The number of aromatic nitrogens is 1. The van der Waals surface area contributed by atoms with Gasteiger partial charge in [0.25, 0.3) is 0 Å². The molecule has 1 aromatic heterocycles. The third-order valence-electron chi connectivity index (χ3n) is 6.31. The first-order valence-electron chi connectivity index (χ1n) is 12.7. The maximum absolute atomic E-state index is 10.7. The van der Waals surface area contributed by atoms with Crippen molar-refractivity contribution >= 4 is 12.0 Å². The lowest BCUT2D eigenvalue weighted by atomic mass is 9.88. The molecule has 8 nitrogen and oxygen atoms in total. The fraction of sp³-hybridized carbons (Fsp3) is 0.467. The highest BCUT2D eigenvalue weighted by atomic mass is 16.4. The van der Waals surface area contributed by atoms with Crippen LogP contribution in [-0.2, 0) is 4.79 Å². The number of aliphatic hydroxyl groups is 4. The summed E-state index contributed by atoms with van der Waals surface area (Å²) < 4.78 is 5.19. The molecule has 0 saturated heterocycles. The van der Waals surface area contributed by atoms with Gasteiger partial charge in [-0.15, -0.1) is 0 Å². The van der Waals surface area contributed by atoms with Gasteiger partial charge in [0, 0.05) is 31.3 Å². The molecule has 0 aliphatic rings. The molecule has 210 valence electrons. The summed E-state index contributed by atoms with van der Waals surface area (Å²) in [5, 5.41) is 50.5. The van der Waals surface area contributed by atoms with Gasteiger partial charge in [0.05, 0.1) is 24.4 Å². The van der Waals surface area contributed by atoms with E-state index in [1.807, 2.05) is 32.1 Å². The maximum atomic E-state index is 10.7. The number of aliphatic carboxylic acids is 1. The van der Waals surface area contributed by atoms with E-state index in [0.717, 1.165) is 17.3 Å². The standard InChI is InChI=1S/C30H43NO7/c1-19(16-25-18-38-24(6)31-25)10-7-13-22(4)30(37)23(5)28(34)17-27(33)21(3)12-8-11-20(2)26(32)14-9-15-29(35)36/h7-13,15-16,18,20,23,26-28,30,32-34,37H,14,17H2,1-6H3,(H,35,36)/t20-,23+,26-,27-,28+,30+/m1/s1. The van der Waals surface area contributed by atoms with E-state index in [-0.39, 0.29) is 18.8 Å².